The molecule has 6 nitrogen and oxygen atoms in total. The summed E-state index contributed by atoms with van der Waals surface area (Å²) in [5.41, 5.74) is 1.61. The van der Waals surface area contributed by atoms with Gasteiger partial charge in [-0.15, -0.1) is 0 Å². The van der Waals surface area contributed by atoms with Crippen molar-refractivity contribution < 1.29 is 19.0 Å². The summed E-state index contributed by atoms with van der Waals surface area (Å²) in [6.07, 6.45) is 2.70. The molecule has 0 spiro atoms. The van der Waals surface area contributed by atoms with Crippen molar-refractivity contribution in [1.29, 1.82) is 0 Å². The van der Waals surface area contributed by atoms with Crippen LogP contribution in [0.4, 0.5) is 5.69 Å². The van der Waals surface area contributed by atoms with Gasteiger partial charge in [0.25, 0.3) is 5.91 Å². The van der Waals surface area contributed by atoms with Gasteiger partial charge in [-0.3, -0.25) is 9.69 Å². The van der Waals surface area contributed by atoms with Crippen LogP contribution in [0.25, 0.3) is 6.08 Å². The topological polar surface area (TPSA) is 60.4 Å². The maximum atomic E-state index is 13.1. The van der Waals surface area contributed by atoms with Gasteiger partial charge in [0, 0.05) is 11.0 Å². The van der Waals surface area contributed by atoms with Crippen molar-refractivity contribution in [2.75, 3.05) is 26.9 Å². The van der Waals surface area contributed by atoms with Gasteiger partial charge in [-0.1, -0.05) is 22.9 Å². The van der Waals surface area contributed by atoms with Crippen LogP contribution in [0.5, 0.6) is 17.2 Å². The average Bonchev–Trinajstić information content (AvgIpc) is 3.06. The van der Waals surface area contributed by atoms with Crippen molar-refractivity contribution in [2.45, 2.75) is 27.2 Å². The minimum absolute atomic E-state index is 0.0535. The lowest BCUT2D eigenvalue weighted by Crippen LogP contribution is -2.29. The molecule has 1 heterocycles. The Morgan fingerprint density at radius 1 is 1.06 bits per heavy atom. The zero-order valence-electron chi connectivity index (χ0n) is 18.7. The Labute approximate surface area is 201 Å². The fourth-order valence-corrected chi connectivity index (χ4v) is 4.59. The lowest BCUT2D eigenvalue weighted by molar-refractivity contribution is -0.122. The van der Waals surface area contributed by atoms with Crippen molar-refractivity contribution in [3.05, 3.63) is 51.3 Å². The fraction of sp³-hybridized carbons (Fsp3) is 0.333. The van der Waals surface area contributed by atoms with Crippen LogP contribution in [-0.2, 0) is 4.79 Å². The molecule has 170 valence electrons. The number of hydrogen-bond donors (Lipinski definition) is 0. The number of thioether (sulfide) groups is 1. The molecule has 1 fully saturated rings. The van der Waals surface area contributed by atoms with Crippen molar-refractivity contribution in [3.8, 4) is 17.2 Å². The number of aliphatic imine (C=N–C) groups is 1. The van der Waals surface area contributed by atoms with Gasteiger partial charge in [0.15, 0.2) is 16.7 Å². The highest BCUT2D eigenvalue weighted by molar-refractivity contribution is 9.10. The molecule has 1 amide bonds. The second-order valence-corrected chi connectivity index (χ2v) is 8.71. The highest BCUT2D eigenvalue weighted by Gasteiger charge is 2.33. The predicted octanol–water partition coefficient (Wildman–Crippen LogP) is 6.27. The molecule has 0 unspecified atom stereocenters. The van der Waals surface area contributed by atoms with Gasteiger partial charge in [-0.05, 0) is 80.1 Å². The third-order valence-corrected chi connectivity index (χ3v) is 6.27. The van der Waals surface area contributed by atoms with Gasteiger partial charge < -0.3 is 14.2 Å². The molecule has 3 rings (SSSR count). The first-order chi connectivity index (χ1) is 15.5. The Morgan fingerprint density at radius 3 is 2.41 bits per heavy atom. The van der Waals surface area contributed by atoms with Gasteiger partial charge in [0.1, 0.15) is 5.75 Å². The summed E-state index contributed by atoms with van der Waals surface area (Å²) in [4.78, 5) is 20.2. The van der Waals surface area contributed by atoms with E-state index < -0.39 is 0 Å². The van der Waals surface area contributed by atoms with Crippen LogP contribution in [0, 0.1) is 0 Å². The largest absolute Gasteiger partial charge is 0.494 e. The van der Waals surface area contributed by atoms with E-state index in [9.17, 15) is 4.79 Å². The van der Waals surface area contributed by atoms with Crippen LogP contribution in [0.2, 0.25) is 0 Å². The summed E-state index contributed by atoms with van der Waals surface area (Å²) in [6, 6.07) is 11.3. The molecule has 0 N–H and O–H groups in total. The molecule has 8 heteroatoms. The summed E-state index contributed by atoms with van der Waals surface area (Å²) < 4.78 is 17.4. The molecule has 1 aliphatic heterocycles. The zero-order chi connectivity index (χ0) is 23.1. The van der Waals surface area contributed by atoms with E-state index in [0.717, 1.165) is 27.9 Å². The van der Waals surface area contributed by atoms with Crippen LogP contribution in [0.15, 0.2) is 50.8 Å². The number of ether oxygens (including phenoxy) is 3. The first-order valence-corrected chi connectivity index (χ1v) is 12.1. The summed E-state index contributed by atoms with van der Waals surface area (Å²) in [7, 11) is 1.60. The van der Waals surface area contributed by atoms with Crippen molar-refractivity contribution in [2.24, 2.45) is 4.99 Å². The second kappa shape index (κ2) is 11.4. The first kappa shape index (κ1) is 24.2. The fourth-order valence-electron chi connectivity index (χ4n) is 3.14. The Hall–Kier alpha value is -2.45. The van der Waals surface area contributed by atoms with E-state index in [2.05, 4.69) is 15.9 Å². The molecule has 0 radical (unpaired) electrons. The monoisotopic (exact) mass is 518 g/mol. The van der Waals surface area contributed by atoms with Gasteiger partial charge >= 0.3 is 0 Å². The third kappa shape index (κ3) is 5.66. The molecule has 1 saturated heterocycles. The summed E-state index contributed by atoms with van der Waals surface area (Å²) in [5.74, 6) is 2.01. The number of carbonyl (C=O) groups is 1. The smallest absolute Gasteiger partial charge is 0.266 e. The van der Waals surface area contributed by atoms with Gasteiger partial charge in [-0.2, -0.15) is 0 Å². The number of hydrogen-bond acceptors (Lipinski definition) is 6. The van der Waals surface area contributed by atoms with Crippen molar-refractivity contribution in [1.82, 2.24) is 4.90 Å². The number of amides is 1. The Balaban J connectivity index is 1.94. The quantitative estimate of drug-likeness (QED) is 0.366. The average molecular weight is 519 g/mol. The number of benzene rings is 2. The number of halogens is 1. The highest BCUT2D eigenvalue weighted by Crippen LogP contribution is 2.39. The van der Waals surface area contributed by atoms with Crippen molar-refractivity contribution in [3.63, 3.8) is 0 Å². The summed E-state index contributed by atoms with van der Waals surface area (Å²) in [5, 5.41) is 0.668. The lowest BCUT2D eigenvalue weighted by atomic mass is 10.2. The number of methoxy groups -OCH3 is 1. The summed E-state index contributed by atoms with van der Waals surface area (Å²) >= 11 is 4.95. The standard InChI is InChI=1S/C24H27BrN2O4S/c1-5-12-27-23(28)22(14-16-13-21(31-7-3)20(29-4)15-19(16)25)32-24(27)26-17-8-10-18(11-9-17)30-6-2/h8-11,13-15H,5-7,12H2,1-4H3/b22-14-,26-24?. The molecular weight excluding hydrogens is 492 g/mol. The SMILES string of the molecule is CCCN1C(=O)/C(=C/c2cc(OCC)c(OC)cc2Br)SC1=Nc1ccc(OCC)cc1. The van der Waals surface area contributed by atoms with E-state index in [1.54, 1.807) is 12.0 Å². The van der Waals surface area contributed by atoms with E-state index in [1.807, 2.05) is 63.2 Å². The molecule has 1 aliphatic rings. The first-order valence-electron chi connectivity index (χ1n) is 10.5. The number of nitrogens with zero attached hydrogens (tertiary/aromatic N) is 2. The molecule has 0 saturated carbocycles. The van der Waals surface area contributed by atoms with E-state index in [4.69, 9.17) is 19.2 Å². The maximum absolute atomic E-state index is 13.1. The van der Waals surface area contributed by atoms with Crippen LogP contribution < -0.4 is 14.2 Å². The van der Waals surface area contributed by atoms with Crippen LogP contribution in [-0.4, -0.2) is 42.8 Å². The molecule has 0 aliphatic carbocycles. The van der Waals surface area contributed by atoms with Gasteiger partial charge in [0.05, 0.1) is 30.9 Å². The molecule has 0 aromatic heterocycles. The maximum Gasteiger partial charge on any atom is 0.266 e. The van der Waals surface area contributed by atoms with E-state index in [0.29, 0.717) is 41.3 Å². The molecular formula is C24H27BrN2O4S. The predicted molar refractivity (Wildman–Crippen MR) is 134 cm³/mol. The minimum atomic E-state index is -0.0535. The van der Waals surface area contributed by atoms with Crippen LogP contribution >= 0.6 is 27.7 Å². The Bertz CT molecular complexity index is 1020. The van der Waals surface area contributed by atoms with Crippen LogP contribution in [0.1, 0.15) is 32.8 Å². The lowest BCUT2D eigenvalue weighted by Gasteiger charge is -2.14. The van der Waals surface area contributed by atoms with Crippen LogP contribution in [0.3, 0.4) is 0 Å². The normalized spacial score (nSPS) is 16.2. The highest BCUT2D eigenvalue weighted by atomic mass is 79.9. The molecule has 2 aromatic carbocycles. The summed E-state index contributed by atoms with van der Waals surface area (Å²) in [6.45, 7) is 7.65. The minimum Gasteiger partial charge on any atom is -0.494 e. The van der Waals surface area contributed by atoms with Gasteiger partial charge in [-0.25, -0.2) is 4.99 Å². The molecule has 0 atom stereocenters. The third-order valence-electron chi connectivity index (χ3n) is 4.58. The number of carbonyl (C=O) groups excluding carboxylic acids is 1. The van der Waals surface area contributed by atoms with E-state index in [-0.39, 0.29) is 5.91 Å². The van der Waals surface area contributed by atoms with E-state index in [1.165, 1.54) is 11.8 Å². The second-order valence-electron chi connectivity index (χ2n) is 6.85. The zero-order valence-corrected chi connectivity index (χ0v) is 21.1. The molecule has 32 heavy (non-hydrogen) atoms. The number of rotatable bonds is 9. The van der Waals surface area contributed by atoms with E-state index >= 15 is 0 Å². The van der Waals surface area contributed by atoms with Gasteiger partial charge in [0.2, 0.25) is 0 Å². The molecule has 0 bridgehead atoms. The Kier molecular flexibility index (Phi) is 8.64. The van der Waals surface area contributed by atoms with Crippen molar-refractivity contribution >= 4 is 50.5 Å². The Morgan fingerprint density at radius 2 is 1.78 bits per heavy atom. The number of amidine groups is 1. The molecule has 2 aromatic rings.